The molecule has 31 heavy (non-hydrogen) atoms. The number of hydrogen-bond donors (Lipinski definition) is 0. The number of alkyl halides is 3. The lowest BCUT2D eigenvalue weighted by molar-refractivity contribution is -0.141. The van der Waals surface area contributed by atoms with Crippen molar-refractivity contribution in [1.29, 1.82) is 0 Å². The van der Waals surface area contributed by atoms with Crippen molar-refractivity contribution in [3.05, 3.63) is 56.8 Å². The maximum atomic E-state index is 14.7. The molecule has 2 atom stereocenters. The summed E-state index contributed by atoms with van der Waals surface area (Å²) in [5.41, 5.74) is 0.223. The van der Waals surface area contributed by atoms with E-state index in [4.69, 9.17) is 14.2 Å². The molecule has 0 radical (unpaired) electrons. The van der Waals surface area contributed by atoms with E-state index in [1.54, 1.807) is 18.2 Å². The number of halogens is 5. The van der Waals surface area contributed by atoms with E-state index in [-0.39, 0.29) is 35.0 Å². The van der Waals surface area contributed by atoms with Crippen LogP contribution in [0.15, 0.2) is 28.7 Å². The Morgan fingerprint density at radius 1 is 1.26 bits per heavy atom. The first-order valence-electron chi connectivity index (χ1n) is 9.73. The van der Waals surface area contributed by atoms with Gasteiger partial charge in [-0.05, 0) is 36.1 Å². The molecule has 0 saturated carbocycles. The number of methoxy groups -OCH3 is 1. The first kappa shape index (κ1) is 21.9. The Labute approximate surface area is 184 Å². The summed E-state index contributed by atoms with van der Waals surface area (Å²) < 4.78 is 70.7. The molecule has 0 bridgehead atoms. The molecule has 0 amide bonds. The number of hydrogen-bond acceptors (Lipinski definition) is 4. The molecule has 0 spiro atoms. The highest BCUT2D eigenvalue weighted by atomic mass is 79.9. The van der Waals surface area contributed by atoms with Gasteiger partial charge in [-0.15, -0.1) is 0 Å². The van der Waals surface area contributed by atoms with Crippen molar-refractivity contribution in [2.24, 2.45) is 0 Å². The molecule has 4 rings (SSSR count). The fourth-order valence-electron chi connectivity index (χ4n) is 4.20. The summed E-state index contributed by atoms with van der Waals surface area (Å²) in [6.45, 7) is 0.394. The maximum absolute atomic E-state index is 14.7. The fraction of sp³-hybridized carbons (Fsp3) is 0.409. The number of benzene rings is 2. The van der Waals surface area contributed by atoms with E-state index in [1.807, 2.05) is 0 Å². The number of esters is 1. The van der Waals surface area contributed by atoms with Crippen LogP contribution in [-0.2, 0) is 22.1 Å². The van der Waals surface area contributed by atoms with Crippen LogP contribution in [0.3, 0.4) is 0 Å². The highest BCUT2D eigenvalue weighted by Gasteiger charge is 2.39. The highest BCUT2D eigenvalue weighted by Crippen LogP contribution is 2.45. The zero-order valence-corrected chi connectivity index (χ0v) is 18.1. The van der Waals surface area contributed by atoms with Crippen LogP contribution < -0.4 is 9.47 Å². The Bertz CT molecular complexity index is 1020. The Morgan fingerprint density at radius 3 is 2.74 bits per heavy atom. The third-order valence-electron chi connectivity index (χ3n) is 5.77. The van der Waals surface area contributed by atoms with Gasteiger partial charge >= 0.3 is 12.1 Å². The van der Waals surface area contributed by atoms with E-state index in [1.165, 1.54) is 7.11 Å². The SMILES string of the molecule is COC(=O)CC1COc2cc(OC[C@@H]3CCc4c(Br)cc(C(F)(F)F)c(F)c43)ccc21. The van der Waals surface area contributed by atoms with Crippen LogP contribution in [-0.4, -0.2) is 26.3 Å². The number of ether oxygens (including phenoxy) is 3. The molecule has 1 aliphatic heterocycles. The van der Waals surface area contributed by atoms with Crippen molar-refractivity contribution >= 4 is 21.9 Å². The Hall–Kier alpha value is -2.29. The molecule has 1 heterocycles. The minimum Gasteiger partial charge on any atom is -0.493 e. The molecule has 2 aromatic rings. The monoisotopic (exact) mass is 502 g/mol. The average Bonchev–Trinajstić information content (AvgIpc) is 3.32. The molecular formula is C22H19BrF4O4. The molecule has 9 heteroatoms. The number of fused-ring (bicyclic) bond motifs is 2. The second-order valence-corrected chi connectivity index (χ2v) is 8.50. The maximum Gasteiger partial charge on any atom is 0.419 e. The lowest BCUT2D eigenvalue weighted by Crippen LogP contribution is -2.14. The largest absolute Gasteiger partial charge is 0.493 e. The molecule has 166 valence electrons. The van der Waals surface area contributed by atoms with E-state index in [0.717, 1.165) is 11.6 Å². The zero-order chi connectivity index (χ0) is 22.3. The number of carbonyl (C=O) groups is 1. The van der Waals surface area contributed by atoms with Gasteiger partial charge < -0.3 is 14.2 Å². The van der Waals surface area contributed by atoms with Crippen molar-refractivity contribution in [2.75, 3.05) is 20.3 Å². The zero-order valence-electron chi connectivity index (χ0n) is 16.5. The van der Waals surface area contributed by atoms with E-state index in [2.05, 4.69) is 15.9 Å². The van der Waals surface area contributed by atoms with Crippen molar-refractivity contribution in [1.82, 2.24) is 0 Å². The van der Waals surface area contributed by atoms with Crippen LogP contribution in [0.1, 0.15) is 46.9 Å². The third-order valence-corrected chi connectivity index (χ3v) is 6.48. The van der Waals surface area contributed by atoms with Crippen LogP contribution in [0.4, 0.5) is 17.6 Å². The molecule has 4 nitrogen and oxygen atoms in total. The molecule has 0 saturated heterocycles. The van der Waals surface area contributed by atoms with Crippen molar-refractivity contribution in [3.8, 4) is 11.5 Å². The lowest BCUT2D eigenvalue weighted by Gasteiger charge is -2.18. The highest BCUT2D eigenvalue weighted by molar-refractivity contribution is 9.10. The average molecular weight is 503 g/mol. The Balaban J connectivity index is 1.50. The molecule has 1 unspecified atom stereocenters. The molecule has 0 N–H and O–H groups in total. The van der Waals surface area contributed by atoms with Crippen LogP contribution in [0.5, 0.6) is 11.5 Å². The van der Waals surface area contributed by atoms with Gasteiger partial charge in [0.05, 0.1) is 32.3 Å². The van der Waals surface area contributed by atoms with Crippen LogP contribution >= 0.6 is 15.9 Å². The summed E-state index contributed by atoms with van der Waals surface area (Å²) in [4.78, 5) is 11.5. The Kier molecular flexibility index (Phi) is 5.89. The van der Waals surface area contributed by atoms with E-state index in [0.29, 0.717) is 36.5 Å². The molecule has 0 fully saturated rings. The van der Waals surface area contributed by atoms with Crippen molar-refractivity contribution in [2.45, 2.75) is 37.3 Å². The number of rotatable bonds is 5. The number of carbonyl (C=O) groups excluding carboxylic acids is 1. The van der Waals surface area contributed by atoms with Gasteiger partial charge in [-0.25, -0.2) is 4.39 Å². The van der Waals surface area contributed by atoms with Gasteiger partial charge in [-0.2, -0.15) is 13.2 Å². The first-order valence-corrected chi connectivity index (χ1v) is 10.5. The van der Waals surface area contributed by atoms with Gasteiger partial charge in [0.15, 0.2) is 0 Å². The van der Waals surface area contributed by atoms with Gasteiger partial charge in [0.1, 0.15) is 17.3 Å². The summed E-state index contributed by atoms with van der Waals surface area (Å²) in [7, 11) is 1.33. The van der Waals surface area contributed by atoms with E-state index >= 15 is 0 Å². The van der Waals surface area contributed by atoms with Crippen LogP contribution in [0.25, 0.3) is 0 Å². The van der Waals surface area contributed by atoms with E-state index < -0.39 is 23.5 Å². The fourth-order valence-corrected chi connectivity index (χ4v) is 4.84. The van der Waals surface area contributed by atoms with E-state index in [9.17, 15) is 22.4 Å². The molecule has 0 aromatic heterocycles. The second-order valence-electron chi connectivity index (χ2n) is 7.64. The molecule has 1 aliphatic carbocycles. The second kappa shape index (κ2) is 8.33. The predicted octanol–water partition coefficient (Wildman–Crippen LogP) is 5.75. The summed E-state index contributed by atoms with van der Waals surface area (Å²) >= 11 is 3.15. The smallest absolute Gasteiger partial charge is 0.419 e. The van der Waals surface area contributed by atoms with Gasteiger partial charge in [0.2, 0.25) is 0 Å². The summed E-state index contributed by atoms with van der Waals surface area (Å²) in [5, 5.41) is 0. The van der Waals surface area contributed by atoms with Gasteiger partial charge in [0.25, 0.3) is 0 Å². The van der Waals surface area contributed by atoms with Crippen LogP contribution in [0.2, 0.25) is 0 Å². The molecule has 2 aliphatic rings. The third kappa shape index (κ3) is 4.24. The predicted molar refractivity (Wildman–Crippen MR) is 107 cm³/mol. The lowest BCUT2D eigenvalue weighted by atomic mass is 9.97. The van der Waals surface area contributed by atoms with Crippen molar-refractivity contribution in [3.63, 3.8) is 0 Å². The summed E-state index contributed by atoms with van der Waals surface area (Å²) in [5.74, 6) is -1.09. The van der Waals surface area contributed by atoms with Crippen LogP contribution in [0, 0.1) is 5.82 Å². The van der Waals surface area contributed by atoms with Crippen molar-refractivity contribution < 1.29 is 36.6 Å². The topological polar surface area (TPSA) is 44.8 Å². The summed E-state index contributed by atoms with van der Waals surface area (Å²) in [6, 6.07) is 6.00. The van der Waals surface area contributed by atoms with Gasteiger partial charge in [-0.1, -0.05) is 22.0 Å². The standard InChI is InChI=1S/C22H19BrF4O4/c1-29-19(28)6-12-10-31-18-7-13(3-5-14(12)18)30-9-11-2-4-15-17(23)8-16(22(25,26)27)21(24)20(11)15/h3,5,7-8,11-12H,2,4,6,9-10H2,1H3/t11-,12?/m0/s1. The van der Waals surface area contributed by atoms with Gasteiger partial charge in [0, 0.05) is 27.9 Å². The summed E-state index contributed by atoms with van der Waals surface area (Å²) in [6.07, 6.45) is -3.59. The first-order chi connectivity index (χ1) is 14.7. The quantitative estimate of drug-likeness (QED) is 0.385. The van der Waals surface area contributed by atoms with Gasteiger partial charge in [-0.3, -0.25) is 4.79 Å². The molecule has 2 aromatic carbocycles. The minimum absolute atomic E-state index is 0.0437. The normalized spacial score (nSPS) is 19.5. The molecular weight excluding hydrogens is 484 g/mol. The minimum atomic E-state index is -4.77. The Morgan fingerprint density at radius 2 is 2.03 bits per heavy atom.